The predicted molar refractivity (Wildman–Crippen MR) is 172 cm³/mol. The molecule has 4 nitrogen and oxygen atoms in total. The number of aromatic amines is 1. The molecule has 4 heteroatoms. The Labute approximate surface area is 240 Å². The summed E-state index contributed by atoms with van der Waals surface area (Å²) in [7, 11) is 1.77. The average molecular weight is 541 g/mol. The fraction of sp³-hybridized carbons (Fsp3) is 0.243. The van der Waals surface area contributed by atoms with Crippen LogP contribution in [0.5, 0.6) is 11.5 Å². The summed E-state index contributed by atoms with van der Waals surface area (Å²) in [6.07, 6.45) is 8.71. The van der Waals surface area contributed by atoms with Crippen LogP contribution in [0, 0.1) is 6.92 Å². The van der Waals surface area contributed by atoms with Gasteiger partial charge in [0.1, 0.15) is 17.1 Å². The van der Waals surface area contributed by atoms with E-state index in [-0.39, 0.29) is 5.60 Å². The number of allylic oxidation sites excluding steroid dienone is 2. The van der Waals surface area contributed by atoms with Gasteiger partial charge in [0.25, 0.3) is 0 Å². The number of benzene rings is 4. The quantitative estimate of drug-likeness (QED) is 0.214. The number of para-hydroxylation sites is 2. The van der Waals surface area contributed by atoms with Crippen molar-refractivity contribution in [2.24, 2.45) is 0 Å². The first-order valence-corrected chi connectivity index (χ1v) is 14.5. The summed E-state index contributed by atoms with van der Waals surface area (Å²) in [4.78, 5) is 3.69. The fourth-order valence-corrected chi connectivity index (χ4v) is 6.53. The van der Waals surface area contributed by atoms with E-state index < -0.39 is 0 Å². The molecule has 1 atom stereocenters. The first-order chi connectivity index (χ1) is 19.8. The average Bonchev–Trinajstić information content (AvgIpc) is 3.48. The molecule has 0 unspecified atom stereocenters. The molecular weight excluding hydrogens is 504 g/mol. The van der Waals surface area contributed by atoms with Crippen molar-refractivity contribution < 1.29 is 9.47 Å². The molecule has 4 aromatic carbocycles. The first kappa shape index (κ1) is 25.5. The molecule has 0 amide bonds. The van der Waals surface area contributed by atoms with E-state index in [0.717, 1.165) is 46.5 Å². The maximum Gasteiger partial charge on any atom is 0.143 e. The second-order valence-electron chi connectivity index (χ2n) is 11.9. The van der Waals surface area contributed by atoms with E-state index in [2.05, 4.69) is 122 Å². The Morgan fingerprint density at radius 2 is 1.76 bits per heavy atom. The summed E-state index contributed by atoms with van der Waals surface area (Å²) in [5, 5.41) is 4.90. The Bertz CT molecular complexity index is 2030. The van der Waals surface area contributed by atoms with Crippen LogP contribution < -0.4 is 9.47 Å². The van der Waals surface area contributed by atoms with Gasteiger partial charge in [-0.2, -0.15) is 0 Å². The van der Waals surface area contributed by atoms with Gasteiger partial charge < -0.3 is 19.0 Å². The zero-order valence-electron chi connectivity index (χ0n) is 24.5. The summed E-state index contributed by atoms with van der Waals surface area (Å²) in [6, 6.07) is 24.0. The lowest BCUT2D eigenvalue weighted by atomic mass is 9.92. The third-order valence-corrected chi connectivity index (χ3v) is 8.52. The van der Waals surface area contributed by atoms with E-state index in [1.54, 1.807) is 7.11 Å². The molecule has 0 fully saturated rings. The van der Waals surface area contributed by atoms with Crippen molar-refractivity contribution in [2.75, 3.05) is 7.11 Å². The molecule has 1 aliphatic rings. The summed E-state index contributed by atoms with van der Waals surface area (Å²) in [6.45, 7) is 9.31. The molecule has 0 aliphatic carbocycles. The SMILES string of the molecule is COc1cc(C)cc2c3ccccc3n(Cc3cc4c([nH]c5ccccc54)c4c3O[C@@](C)(CCC=C(C)C)C=C4)c12. The number of rotatable bonds is 6. The Balaban J connectivity index is 1.47. The maximum atomic E-state index is 7.00. The molecular formula is C37H36N2O2. The van der Waals surface area contributed by atoms with Crippen molar-refractivity contribution in [1.82, 2.24) is 9.55 Å². The standard InChI is InChI=1S/C37H36N2O2/c1-23(2)11-10-17-37(4)18-16-28-34-29(26-12-6-8-14-31(26)38-34)21-25(36(28)41-37)22-39-32-15-9-7-13-27(32)30-19-24(3)20-33(40-5)35(30)39/h6-9,11-16,18-21,38H,10,17,22H2,1-5H3/t37-/m0/s1. The minimum atomic E-state index is -0.386. The number of methoxy groups -OCH3 is 1. The van der Waals surface area contributed by atoms with Crippen LogP contribution in [0.1, 0.15) is 50.3 Å². The van der Waals surface area contributed by atoms with Crippen molar-refractivity contribution in [1.29, 1.82) is 0 Å². The molecule has 1 aliphatic heterocycles. The molecule has 0 saturated heterocycles. The van der Waals surface area contributed by atoms with Gasteiger partial charge in [0, 0.05) is 43.7 Å². The number of nitrogens with one attached hydrogen (secondary N) is 1. The van der Waals surface area contributed by atoms with Crippen LogP contribution in [0.25, 0.3) is 49.7 Å². The minimum Gasteiger partial charge on any atom is -0.495 e. The number of hydrogen-bond acceptors (Lipinski definition) is 2. The molecule has 0 spiro atoms. The number of fused-ring (bicyclic) bond motifs is 8. The zero-order valence-corrected chi connectivity index (χ0v) is 24.5. The smallest absolute Gasteiger partial charge is 0.143 e. The van der Waals surface area contributed by atoms with Crippen molar-refractivity contribution in [3.05, 3.63) is 101 Å². The number of hydrogen-bond donors (Lipinski definition) is 1. The summed E-state index contributed by atoms with van der Waals surface area (Å²) < 4.78 is 15.4. The Morgan fingerprint density at radius 1 is 0.976 bits per heavy atom. The molecule has 0 radical (unpaired) electrons. The second kappa shape index (κ2) is 9.59. The molecule has 2 aromatic heterocycles. The molecule has 1 N–H and O–H groups in total. The van der Waals surface area contributed by atoms with Crippen LogP contribution in [0.4, 0.5) is 0 Å². The monoisotopic (exact) mass is 540 g/mol. The lowest BCUT2D eigenvalue weighted by molar-refractivity contribution is 0.127. The van der Waals surface area contributed by atoms with E-state index in [0.29, 0.717) is 6.54 Å². The van der Waals surface area contributed by atoms with Gasteiger partial charge in [-0.25, -0.2) is 0 Å². The van der Waals surface area contributed by atoms with Gasteiger partial charge in [0.2, 0.25) is 0 Å². The van der Waals surface area contributed by atoms with Crippen LogP contribution in [0.2, 0.25) is 0 Å². The Kier molecular flexibility index (Phi) is 5.97. The molecule has 3 heterocycles. The molecule has 206 valence electrons. The predicted octanol–water partition coefficient (Wildman–Crippen LogP) is 9.71. The summed E-state index contributed by atoms with van der Waals surface area (Å²) >= 11 is 0. The molecule has 6 aromatic rings. The number of aromatic nitrogens is 2. The van der Waals surface area contributed by atoms with Gasteiger partial charge >= 0.3 is 0 Å². The minimum absolute atomic E-state index is 0.386. The number of nitrogens with zero attached hydrogens (tertiary/aromatic N) is 1. The Morgan fingerprint density at radius 3 is 2.56 bits per heavy atom. The molecule has 0 saturated carbocycles. The van der Waals surface area contributed by atoms with Crippen LogP contribution >= 0.6 is 0 Å². The fourth-order valence-electron chi connectivity index (χ4n) is 6.53. The topological polar surface area (TPSA) is 39.2 Å². The van der Waals surface area contributed by atoms with Crippen molar-refractivity contribution >= 4 is 49.7 Å². The van der Waals surface area contributed by atoms with E-state index >= 15 is 0 Å². The third-order valence-electron chi connectivity index (χ3n) is 8.52. The molecule has 41 heavy (non-hydrogen) atoms. The first-order valence-electron chi connectivity index (χ1n) is 14.5. The van der Waals surface area contributed by atoms with Crippen LogP contribution in [-0.4, -0.2) is 22.3 Å². The second-order valence-corrected chi connectivity index (χ2v) is 11.9. The Hall–Kier alpha value is -4.44. The van der Waals surface area contributed by atoms with Gasteiger partial charge in [-0.3, -0.25) is 0 Å². The van der Waals surface area contributed by atoms with Crippen molar-refractivity contribution in [3.63, 3.8) is 0 Å². The largest absolute Gasteiger partial charge is 0.495 e. The van der Waals surface area contributed by atoms with E-state index in [1.165, 1.54) is 43.8 Å². The summed E-state index contributed by atoms with van der Waals surface area (Å²) in [5.74, 6) is 1.86. The van der Waals surface area contributed by atoms with Crippen LogP contribution in [-0.2, 0) is 6.54 Å². The van der Waals surface area contributed by atoms with Gasteiger partial charge in [0.05, 0.1) is 24.7 Å². The van der Waals surface area contributed by atoms with Gasteiger partial charge in [-0.05, 0) is 88.6 Å². The van der Waals surface area contributed by atoms with Crippen LogP contribution in [0.3, 0.4) is 0 Å². The number of aryl methyl sites for hydroxylation is 1. The normalized spacial score (nSPS) is 16.4. The zero-order chi connectivity index (χ0) is 28.3. The van der Waals surface area contributed by atoms with Crippen molar-refractivity contribution in [2.45, 2.75) is 52.7 Å². The molecule has 7 rings (SSSR count). The highest BCUT2D eigenvalue weighted by Gasteiger charge is 2.31. The lowest BCUT2D eigenvalue weighted by Crippen LogP contribution is -2.32. The number of H-pyrrole nitrogens is 1. The highest BCUT2D eigenvalue weighted by Crippen LogP contribution is 2.44. The summed E-state index contributed by atoms with van der Waals surface area (Å²) in [5.41, 5.74) is 9.01. The maximum absolute atomic E-state index is 7.00. The van der Waals surface area contributed by atoms with Gasteiger partial charge in [0.15, 0.2) is 0 Å². The highest BCUT2D eigenvalue weighted by atomic mass is 16.5. The number of ether oxygens (including phenoxy) is 2. The highest BCUT2D eigenvalue weighted by molar-refractivity contribution is 6.12. The van der Waals surface area contributed by atoms with Crippen molar-refractivity contribution in [3.8, 4) is 11.5 Å². The lowest BCUT2D eigenvalue weighted by Gasteiger charge is -2.33. The van der Waals surface area contributed by atoms with Gasteiger partial charge in [-0.15, -0.1) is 0 Å². The van der Waals surface area contributed by atoms with E-state index in [9.17, 15) is 0 Å². The van der Waals surface area contributed by atoms with Gasteiger partial charge in [-0.1, -0.05) is 48.0 Å². The van der Waals surface area contributed by atoms with E-state index in [4.69, 9.17) is 9.47 Å². The third kappa shape index (κ3) is 4.21. The van der Waals surface area contributed by atoms with E-state index in [1.807, 2.05) is 0 Å². The molecule has 0 bridgehead atoms. The van der Waals surface area contributed by atoms with Crippen LogP contribution in [0.15, 0.2) is 84.5 Å².